The van der Waals surface area contributed by atoms with E-state index in [2.05, 4.69) is 0 Å². The number of rotatable bonds is 3. The van der Waals surface area contributed by atoms with E-state index in [1.807, 2.05) is 44.3 Å². The van der Waals surface area contributed by atoms with Crippen LogP contribution in [0.25, 0.3) is 5.69 Å². The summed E-state index contributed by atoms with van der Waals surface area (Å²) in [6.07, 6.45) is 1.81. The molecule has 0 radical (unpaired) electrons. The number of aryl methyl sites for hydroxylation is 2. The van der Waals surface area contributed by atoms with Gasteiger partial charge in [0.15, 0.2) is 0 Å². The molecule has 1 atom stereocenters. The lowest BCUT2D eigenvalue weighted by Crippen LogP contribution is -2.21. The van der Waals surface area contributed by atoms with E-state index < -0.39 is 0 Å². The Kier molecular flexibility index (Phi) is 3.39. The van der Waals surface area contributed by atoms with Gasteiger partial charge in [-0.2, -0.15) is 0 Å². The average molecular weight is 246 g/mol. The number of aliphatic hydroxyl groups excluding tert-OH is 1. The van der Waals surface area contributed by atoms with Gasteiger partial charge in [-0.1, -0.05) is 19.1 Å². The average Bonchev–Trinajstić information content (AvgIpc) is 2.63. The summed E-state index contributed by atoms with van der Waals surface area (Å²) in [6, 6.07) is 7.73. The maximum Gasteiger partial charge on any atom is 0.332 e. The Balaban J connectivity index is 2.44. The monoisotopic (exact) mass is 246 g/mol. The molecule has 0 fully saturated rings. The molecule has 0 aliphatic carbocycles. The molecule has 0 bridgehead atoms. The van der Waals surface area contributed by atoms with Crippen LogP contribution in [0, 0.1) is 6.92 Å². The van der Waals surface area contributed by atoms with Gasteiger partial charge in [-0.15, -0.1) is 0 Å². The van der Waals surface area contributed by atoms with Crippen molar-refractivity contribution in [3.05, 3.63) is 52.2 Å². The van der Waals surface area contributed by atoms with E-state index in [4.69, 9.17) is 5.11 Å². The zero-order valence-corrected chi connectivity index (χ0v) is 10.9. The van der Waals surface area contributed by atoms with E-state index in [1.165, 1.54) is 0 Å². The number of aliphatic hydroxyl groups is 1. The lowest BCUT2D eigenvalue weighted by atomic mass is 10.0. The van der Waals surface area contributed by atoms with Gasteiger partial charge in [0.2, 0.25) is 0 Å². The molecule has 0 saturated carbocycles. The van der Waals surface area contributed by atoms with Gasteiger partial charge in [-0.3, -0.25) is 4.57 Å². The first-order valence-corrected chi connectivity index (χ1v) is 6.00. The lowest BCUT2D eigenvalue weighted by Gasteiger charge is -2.10. The van der Waals surface area contributed by atoms with E-state index in [0.717, 1.165) is 16.9 Å². The van der Waals surface area contributed by atoms with Gasteiger partial charge in [0, 0.05) is 31.5 Å². The molecule has 2 aromatic rings. The van der Waals surface area contributed by atoms with Crippen LogP contribution in [0.5, 0.6) is 0 Å². The number of nitrogens with zero attached hydrogens (tertiary/aromatic N) is 2. The fourth-order valence-corrected chi connectivity index (χ4v) is 2.07. The number of aromatic nitrogens is 2. The van der Waals surface area contributed by atoms with Gasteiger partial charge in [0.05, 0.1) is 5.69 Å². The Morgan fingerprint density at radius 2 is 1.89 bits per heavy atom. The fourth-order valence-electron chi connectivity index (χ4n) is 2.07. The second kappa shape index (κ2) is 4.82. The van der Waals surface area contributed by atoms with Crippen LogP contribution >= 0.6 is 0 Å². The highest BCUT2D eigenvalue weighted by molar-refractivity contribution is 5.37. The van der Waals surface area contributed by atoms with Crippen LogP contribution in [0.1, 0.15) is 24.1 Å². The minimum absolute atomic E-state index is 0.0459. The summed E-state index contributed by atoms with van der Waals surface area (Å²) in [5.74, 6) is 0.118. The predicted octanol–water partition coefficient (Wildman–Crippen LogP) is 1.58. The van der Waals surface area contributed by atoms with Crippen molar-refractivity contribution in [2.24, 2.45) is 7.05 Å². The van der Waals surface area contributed by atoms with Crippen molar-refractivity contribution in [3.8, 4) is 5.69 Å². The second-order valence-electron chi connectivity index (χ2n) is 4.67. The van der Waals surface area contributed by atoms with Crippen molar-refractivity contribution in [1.29, 1.82) is 0 Å². The Hall–Kier alpha value is -1.81. The third-order valence-corrected chi connectivity index (χ3v) is 3.22. The van der Waals surface area contributed by atoms with Crippen LogP contribution < -0.4 is 5.69 Å². The number of benzene rings is 1. The first-order valence-electron chi connectivity index (χ1n) is 6.00. The van der Waals surface area contributed by atoms with E-state index in [9.17, 15) is 4.79 Å². The molecular formula is C14H18N2O2. The molecule has 4 heteroatoms. The van der Waals surface area contributed by atoms with Gasteiger partial charge in [0.1, 0.15) is 0 Å². The van der Waals surface area contributed by atoms with Crippen molar-refractivity contribution in [2.45, 2.75) is 19.8 Å². The van der Waals surface area contributed by atoms with Gasteiger partial charge >= 0.3 is 5.69 Å². The van der Waals surface area contributed by atoms with Crippen molar-refractivity contribution in [2.75, 3.05) is 6.61 Å². The zero-order chi connectivity index (χ0) is 13.3. The van der Waals surface area contributed by atoms with Crippen LogP contribution in [0.15, 0.2) is 35.3 Å². The Morgan fingerprint density at radius 3 is 2.33 bits per heavy atom. The zero-order valence-electron chi connectivity index (χ0n) is 10.9. The highest BCUT2D eigenvalue weighted by atomic mass is 16.3. The summed E-state index contributed by atoms with van der Waals surface area (Å²) in [4.78, 5) is 12.0. The first-order chi connectivity index (χ1) is 8.54. The third-order valence-electron chi connectivity index (χ3n) is 3.22. The smallest absolute Gasteiger partial charge is 0.332 e. The number of hydrogen-bond donors (Lipinski definition) is 1. The molecule has 2 rings (SSSR count). The van der Waals surface area contributed by atoms with Crippen molar-refractivity contribution >= 4 is 0 Å². The molecule has 1 aromatic heterocycles. The maximum absolute atomic E-state index is 12.0. The van der Waals surface area contributed by atoms with Gasteiger partial charge in [-0.25, -0.2) is 4.79 Å². The quantitative estimate of drug-likeness (QED) is 0.893. The second-order valence-corrected chi connectivity index (χ2v) is 4.67. The molecule has 0 aliphatic heterocycles. The minimum atomic E-state index is -0.0459. The van der Waals surface area contributed by atoms with Gasteiger partial charge in [-0.05, 0) is 24.6 Å². The van der Waals surface area contributed by atoms with E-state index in [1.54, 1.807) is 16.2 Å². The molecule has 18 heavy (non-hydrogen) atoms. The van der Waals surface area contributed by atoms with Gasteiger partial charge < -0.3 is 9.67 Å². The Labute approximate surface area is 106 Å². The SMILES string of the molecule is Cc1cn(C)c(=O)n1-c1ccc(C(C)CO)cc1. The molecule has 0 aliphatic rings. The van der Waals surface area contributed by atoms with E-state index in [0.29, 0.717) is 0 Å². The molecule has 4 nitrogen and oxygen atoms in total. The molecule has 96 valence electrons. The molecule has 1 aromatic carbocycles. The van der Waals surface area contributed by atoms with Crippen molar-refractivity contribution in [1.82, 2.24) is 9.13 Å². The summed E-state index contributed by atoms with van der Waals surface area (Å²) < 4.78 is 3.24. The predicted molar refractivity (Wildman–Crippen MR) is 71.2 cm³/mol. The molecule has 0 saturated heterocycles. The molecular weight excluding hydrogens is 228 g/mol. The van der Waals surface area contributed by atoms with E-state index >= 15 is 0 Å². The van der Waals surface area contributed by atoms with Crippen molar-refractivity contribution in [3.63, 3.8) is 0 Å². The van der Waals surface area contributed by atoms with E-state index in [-0.39, 0.29) is 18.2 Å². The summed E-state index contributed by atoms with van der Waals surface area (Å²) in [6.45, 7) is 4.00. The summed E-state index contributed by atoms with van der Waals surface area (Å²) >= 11 is 0. The number of imidazole rings is 1. The standard InChI is InChI=1S/C14H18N2O2/c1-10(9-17)12-4-6-13(7-5-12)16-11(2)8-15(3)14(16)18/h4-8,10,17H,9H2,1-3H3. The molecule has 1 heterocycles. The van der Waals surface area contributed by atoms with Crippen molar-refractivity contribution < 1.29 is 5.11 Å². The van der Waals surface area contributed by atoms with Crippen LogP contribution in [-0.4, -0.2) is 20.8 Å². The highest BCUT2D eigenvalue weighted by Gasteiger charge is 2.09. The maximum atomic E-state index is 12.0. The molecule has 0 spiro atoms. The normalized spacial score (nSPS) is 12.7. The highest BCUT2D eigenvalue weighted by Crippen LogP contribution is 2.17. The number of hydrogen-bond acceptors (Lipinski definition) is 2. The Morgan fingerprint density at radius 1 is 1.28 bits per heavy atom. The summed E-state index contributed by atoms with van der Waals surface area (Å²) in [5.41, 5.74) is 2.79. The molecule has 1 N–H and O–H groups in total. The topological polar surface area (TPSA) is 47.2 Å². The van der Waals surface area contributed by atoms with Crippen LogP contribution in [-0.2, 0) is 7.05 Å². The lowest BCUT2D eigenvalue weighted by molar-refractivity contribution is 0.273. The van der Waals surface area contributed by atoms with Crippen LogP contribution in [0.2, 0.25) is 0 Å². The van der Waals surface area contributed by atoms with Crippen LogP contribution in [0.3, 0.4) is 0 Å². The van der Waals surface area contributed by atoms with Gasteiger partial charge in [0.25, 0.3) is 0 Å². The first kappa shape index (κ1) is 12.6. The molecule has 0 amide bonds. The summed E-state index contributed by atoms with van der Waals surface area (Å²) in [5, 5.41) is 9.11. The van der Waals surface area contributed by atoms with Crippen LogP contribution in [0.4, 0.5) is 0 Å². The largest absolute Gasteiger partial charge is 0.396 e. The minimum Gasteiger partial charge on any atom is -0.396 e. The molecule has 1 unspecified atom stereocenters. The third kappa shape index (κ3) is 2.11. The summed E-state index contributed by atoms with van der Waals surface area (Å²) in [7, 11) is 1.74. The Bertz CT molecular complexity index is 593. The fraction of sp³-hybridized carbons (Fsp3) is 0.357.